The molecule has 2 aliphatic heterocycles. The normalized spacial score (nSPS) is 29.9. The molecule has 2 aliphatic rings. The molecule has 0 aromatic heterocycles. The summed E-state index contributed by atoms with van der Waals surface area (Å²) in [4.78, 5) is 21.7. The first-order valence-corrected chi connectivity index (χ1v) is 6.59. The molecule has 3 atom stereocenters. The van der Waals surface area contributed by atoms with Crippen molar-refractivity contribution in [2.75, 3.05) is 13.2 Å². The third-order valence-corrected chi connectivity index (χ3v) is 3.58. The number of carbonyl (C=O) groups is 1. The Kier molecular flexibility index (Phi) is 3.69. The minimum atomic E-state index is -1.79. The van der Waals surface area contributed by atoms with Crippen molar-refractivity contribution in [3.8, 4) is 5.75 Å². The molecule has 0 bridgehead atoms. The van der Waals surface area contributed by atoms with Gasteiger partial charge in [0.05, 0.1) is 17.4 Å². The molecule has 2 fully saturated rings. The summed E-state index contributed by atoms with van der Waals surface area (Å²) < 4.78 is 20.3. The molecular weight excluding hydrogens is 298 g/mol. The minimum absolute atomic E-state index is 0.0670. The smallest absolute Gasteiger partial charge is 0.398 e. The van der Waals surface area contributed by atoms with Crippen molar-refractivity contribution in [3.63, 3.8) is 0 Å². The van der Waals surface area contributed by atoms with Gasteiger partial charge < -0.3 is 24.1 Å². The minimum Gasteiger partial charge on any atom is -0.398 e. The molecule has 0 unspecified atom stereocenters. The van der Waals surface area contributed by atoms with Gasteiger partial charge in [0.1, 0.15) is 12.4 Å². The molecule has 2 heterocycles. The van der Waals surface area contributed by atoms with E-state index < -0.39 is 29.1 Å². The predicted molar refractivity (Wildman–Crippen MR) is 69.0 cm³/mol. The maximum atomic E-state index is 11.7. The fourth-order valence-corrected chi connectivity index (χ4v) is 2.48. The van der Waals surface area contributed by atoms with Gasteiger partial charge in [-0.15, -0.1) is 0 Å². The third kappa shape index (κ3) is 2.73. The summed E-state index contributed by atoms with van der Waals surface area (Å²) >= 11 is 0. The van der Waals surface area contributed by atoms with E-state index in [0.29, 0.717) is 13.0 Å². The molecule has 1 aromatic rings. The number of nitrogens with zero attached hydrogens (tertiary/aromatic N) is 1. The lowest BCUT2D eigenvalue weighted by atomic mass is 10.00. The standard InChI is InChI=1S/C13H13NO8/c15-12(21-9-3-1-8(2-4-9)14(17)18)22-13(16)7-20-11-10(13)5-6-19-11/h1-4,10-11,16H,5-7H2/t10-,11-,13+/m1/s1. The summed E-state index contributed by atoms with van der Waals surface area (Å²) in [5.41, 5.74) is -0.130. The molecule has 1 aromatic carbocycles. The van der Waals surface area contributed by atoms with Crippen molar-refractivity contribution in [3.05, 3.63) is 34.4 Å². The summed E-state index contributed by atoms with van der Waals surface area (Å²) in [5.74, 6) is -2.19. The number of carbonyl (C=O) groups excluding carboxylic acids is 1. The van der Waals surface area contributed by atoms with Gasteiger partial charge in [0.15, 0.2) is 6.29 Å². The van der Waals surface area contributed by atoms with Gasteiger partial charge in [0, 0.05) is 12.1 Å². The lowest BCUT2D eigenvalue weighted by Crippen LogP contribution is -2.43. The fourth-order valence-electron chi connectivity index (χ4n) is 2.48. The molecule has 2 saturated heterocycles. The lowest BCUT2D eigenvalue weighted by molar-refractivity contribution is -0.384. The van der Waals surface area contributed by atoms with E-state index in [4.69, 9.17) is 18.9 Å². The number of fused-ring (bicyclic) bond motifs is 1. The van der Waals surface area contributed by atoms with Crippen molar-refractivity contribution < 1.29 is 33.8 Å². The van der Waals surface area contributed by atoms with Crippen LogP contribution in [0.2, 0.25) is 0 Å². The van der Waals surface area contributed by atoms with Crippen LogP contribution < -0.4 is 4.74 Å². The summed E-state index contributed by atoms with van der Waals surface area (Å²) in [5, 5.41) is 20.8. The summed E-state index contributed by atoms with van der Waals surface area (Å²) in [6.45, 7) is 0.218. The van der Waals surface area contributed by atoms with Crippen LogP contribution >= 0.6 is 0 Å². The Morgan fingerprint density at radius 1 is 1.36 bits per heavy atom. The third-order valence-electron chi connectivity index (χ3n) is 3.58. The largest absolute Gasteiger partial charge is 0.516 e. The topological polar surface area (TPSA) is 117 Å². The maximum Gasteiger partial charge on any atom is 0.516 e. The van der Waals surface area contributed by atoms with Gasteiger partial charge in [-0.3, -0.25) is 10.1 Å². The Morgan fingerprint density at radius 2 is 2.09 bits per heavy atom. The van der Waals surface area contributed by atoms with Gasteiger partial charge in [-0.1, -0.05) is 0 Å². The van der Waals surface area contributed by atoms with E-state index in [1.807, 2.05) is 0 Å². The molecule has 0 saturated carbocycles. The van der Waals surface area contributed by atoms with Crippen LogP contribution in [0.5, 0.6) is 5.75 Å². The van der Waals surface area contributed by atoms with Crippen molar-refractivity contribution in [1.29, 1.82) is 0 Å². The van der Waals surface area contributed by atoms with Gasteiger partial charge in [0.2, 0.25) is 5.79 Å². The number of hydrogen-bond donors (Lipinski definition) is 1. The summed E-state index contributed by atoms with van der Waals surface area (Å²) in [7, 11) is 0. The highest BCUT2D eigenvalue weighted by molar-refractivity contribution is 5.64. The van der Waals surface area contributed by atoms with Crippen LogP contribution in [0.3, 0.4) is 0 Å². The molecule has 3 rings (SSSR count). The van der Waals surface area contributed by atoms with Gasteiger partial charge in [-0.05, 0) is 18.6 Å². The first kappa shape index (κ1) is 14.7. The SMILES string of the molecule is O=C(Oc1ccc([N+](=O)[O-])cc1)O[C@@]1(O)CO[C@H]2OCC[C@H]21. The number of nitro groups is 1. The number of aliphatic hydroxyl groups is 1. The van der Waals surface area contributed by atoms with E-state index in [1.165, 1.54) is 24.3 Å². The highest BCUT2D eigenvalue weighted by atomic mass is 16.8. The molecule has 0 radical (unpaired) electrons. The second-order valence-electron chi connectivity index (χ2n) is 5.00. The van der Waals surface area contributed by atoms with E-state index in [9.17, 15) is 20.0 Å². The number of rotatable bonds is 3. The summed E-state index contributed by atoms with van der Waals surface area (Å²) in [6.07, 6.45) is -1.20. The zero-order valence-corrected chi connectivity index (χ0v) is 11.3. The second-order valence-corrected chi connectivity index (χ2v) is 5.00. The predicted octanol–water partition coefficient (Wildman–Crippen LogP) is 1.19. The molecule has 1 N–H and O–H groups in total. The molecule has 22 heavy (non-hydrogen) atoms. The molecule has 118 valence electrons. The fraction of sp³-hybridized carbons (Fsp3) is 0.462. The van der Waals surface area contributed by atoms with Crippen molar-refractivity contribution in [2.24, 2.45) is 5.92 Å². The lowest BCUT2D eigenvalue weighted by Gasteiger charge is -2.25. The molecular formula is C13H13NO8. The zero-order valence-electron chi connectivity index (χ0n) is 11.3. The molecule has 0 amide bonds. The number of ether oxygens (including phenoxy) is 4. The van der Waals surface area contributed by atoms with Gasteiger partial charge in [-0.25, -0.2) is 4.79 Å². The first-order chi connectivity index (χ1) is 10.5. The molecule has 0 aliphatic carbocycles. The first-order valence-electron chi connectivity index (χ1n) is 6.59. The molecule has 9 heteroatoms. The Bertz CT molecular complexity index is 588. The van der Waals surface area contributed by atoms with Crippen LogP contribution in [0, 0.1) is 16.0 Å². The highest BCUT2D eigenvalue weighted by Crippen LogP contribution is 2.39. The van der Waals surface area contributed by atoms with E-state index in [1.54, 1.807) is 0 Å². The van der Waals surface area contributed by atoms with Crippen molar-refractivity contribution in [1.82, 2.24) is 0 Å². The van der Waals surface area contributed by atoms with Crippen molar-refractivity contribution in [2.45, 2.75) is 18.5 Å². The Hall–Kier alpha value is -2.23. The van der Waals surface area contributed by atoms with Gasteiger partial charge >= 0.3 is 6.16 Å². The highest BCUT2D eigenvalue weighted by Gasteiger charge is 2.55. The number of hydrogen-bond acceptors (Lipinski definition) is 8. The van der Waals surface area contributed by atoms with Crippen molar-refractivity contribution >= 4 is 11.8 Å². The van der Waals surface area contributed by atoms with Crippen LogP contribution in [0.15, 0.2) is 24.3 Å². The van der Waals surface area contributed by atoms with Crippen LogP contribution in [-0.2, 0) is 14.2 Å². The van der Waals surface area contributed by atoms with E-state index in [-0.39, 0.29) is 18.0 Å². The van der Waals surface area contributed by atoms with E-state index >= 15 is 0 Å². The second kappa shape index (κ2) is 5.52. The Labute approximate surface area is 124 Å². The average Bonchev–Trinajstić information content (AvgIpc) is 3.04. The van der Waals surface area contributed by atoms with Crippen LogP contribution in [0.1, 0.15) is 6.42 Å². The van der Waals surface area contributed by atoms with E-state index in [0.717, 1.165) is 0 Å². The Morgan fingerprint density at radius 3 is 2.77 bits per heavy atom. The zero-order chi connectivity index (χ0) is 15.7. The maximum absolute atomic E-state index is 11.7. The number of nitro benzene ring substituents is 1. The monoisotopic (exact) mass is 311 g/mol. The number of non-ortho nitro benzene ring substituents is 1. The Balaban J connectivity index is 1.61. The van der Waals surface area contributed by atoms with E-state index in [2.05, 4.69) is 0 Å². The quantitative estimate of drug-likeness (QED) is 0.291. The van der Waals surface area contributed by atoms with Gasteiger partial charge in [-0.2, -0.15) is 0 Å². The molecule has 0 spiro atoms. The average molecular weight is 311 g/mol. The number of benzene rings is 1. The molecule has 9 nitrogen and oxygen atoms in total. The summed E-state index contributed by atoms with van der Waals surface area (Å²) in [6, 6.07) is 4.90. The van der Waals surface area contributed by atoms with Gasteiger partial charge in [0.25, 0.3) is 5.69 Å². The van der Waals surface area contributed by atoms with Crippen LogP contribution in [-0.4, -0.2) is 41.5 Å². The van der Waals surface area contributed by atoms with Crippen LogP contribution in [0.25, 0.3) is 0 Å². The van der Waals surface area contributed by atoms with Crippen LogP contribution in [0.4, 0.5) is 10.5 Å².